The Kier molecular flexibility index (Phi) is 7.40. The summed E-state index contributed by atoms with van der Waals surface area (Å²) in [6.45, 7) is 12.9. The van der Waals surface area contributed by atoms with Gasteiger partial charge in [-0.2, -0.15) is 23.4 Å². The third-order valence-corrected chi connectivity index (χ3v) is 9.61. The minimum Gasteiger partial charge on any atom is -0.305 e. The number of hydrogen-bond acceptors (Lipinski definition) is 5. The molecule has 4 aromatic heterocycles. The number of alkyl halides is 3. The molecule has 0 aliphatic heterocycles. The van der Waals surface area contributed by atoms with Crippen LogP contribution in [0.4, 0.5) is 24.8 Å². The fourth-order valence-electron chi connectivity index (χ4n) is 7.00. The van der Waals surface area contributed by atoms with E-state index in [9.17, 15) is 13.2 Å². The summed E-state index contributed by atoms with van der Waals surface area (Å²) < 4.78 is 43.7. The molecular weight excluding hydrogens is 563 g/mol. The van der Waals surface area contributed by atoms with E-state index in [1.165, 1.54) is 29.3 Å². The molecule has 10 heteroatoms. The predicted octanol–water partition coefficient (Wildman–Crippen LogP) is 8.78. The molecule has 2 saturated carbocycles. The minimum absolute atomic E-state index is 0.0129. The second-order valence-electron chi connectivity index (χ2n) is 14.2. The lowest BCUT2D eigenvalue weighted by atomic mass is 9.81. The zero-order valence-corrected chi connectivity index (χ0v) is 26.5. The van der Waals surface area contributed by atoms with Crippen molar-refractivity contribution in [2.24, 2.45) is 0 Å². The van der Waals surface area contributed by atoms with Gasteiger partial charge in [0.2, 0.25) is 0 Å². The highest BCUT2D eigenvalue weighted by Gasteiger charge is 2.37. The Morgan fingerprint density at radius 1 is 0.705 bits per heavy atom. The van der Waals surface area contributed by atoms with E-state index in [1.54, 1.807) is 0 Å². The van der Waals surface area contributed by atoms with Crippen LogP contribution in [0.1, 0.15) is 109 Å². The average molecular weight is 606 g/mol. The lowest BCUT2D eigenvalue weighted by Gasteiger charge is -2.38. The SMILES string of the molecule is Cc1ccn(-c2cc(C3(C)CCCC3)cc(N(c3cc(C4(C)CCCC4)cc(-n4ccc(C(F)(F)F)n4)n3)C(C)(C)C)n2)n1. The van der Waals surface area contributed by atoms with Crippen LogP contribution in [0, 0.1) is 6.92 Å². The van der Waals surface area contributed by atoms with Crippen molar-refractivity contribution in [1.82, 2.24) is 29.5 Å². The molecule has 0 bridgehead atoms. The standard InChI is InChI=1S/C34H42F3N7/c1-23-11-17-42(40-23)27-19-24(32(5)13-7-8-14-32)21-29(38-27)44(31(2,3)4)30-22-25(33(6)15-9-10-16-33)20-28(39-30)43-18-12-26(41-43)34(35,36)37/h11-12,17-22H,7-10,13-16H2,1-6H3. The number of nitrogens with zero attached hydrogens (tertiary/aromatic N) is 7. The van der Waals surface area contributed by atoms with Crippen molar-refractivity contribution in [2.45, 2.75) is 115 Å². The number of pyridine rings is 2. The Labute approximate surface area is 257 Å². The second-order valence-corrected chi connectivity index (χ2v) is 14.2. The average Bonchev–Trinajstić information content (AvgIpc) is 3.76. The monoisotopic (exact) mass is 605 g/mol. The summed E-state index contributed by atoms with van der Waals surface area (Å²) in [5, 5.41) is 8.57. The molecule has 0 spiro atoms. The van der Waals surface area contributed by atoms with E-state index < -0.39 is 17.4 Å². The van der Waals surface area contributed by atoms with Gasteiger partial charge in [0.15, 0.2) is 17.3 Å². The molecule has 2 aliphatic carbocycles. The van der Waals surface area contributed by atoms with Crippen molar-refractivity contribution < 1.29 is 13.2 Å². The summed E-state index contributed by atoms with van der Waals surface area (Å²) in [4.78, 5) is 12.3. The van der Waals surface area contributed by atoms with E-state index in [1.807, 2.05) is 29.9 Å². The number of hydrogen-bond donors (Lipinski definition) is 0. The van der Waals surface area contributed by atoms with E-state index in [4.69, 9.17) is 9.97 Å². The summed E-state index contributed by atoms with van der Waals surface area (Å²) in [6.07, 6.45) is 7.53. The molecule has 4 aromatic rings. The van der Waals surface area contributed by atoms with Crippen LogP contribution in [0.25, 0.3) is 11.6 Å². The van der Waals surface area contributed by atoms with Gasteiger partial charge in [-0.3, -0.25) is 0 Å². The highest BCUT2D eigenvalue weighted by molar-refractivity contribution is 5.63. The van der Waals surface area contributed by atoms with Crippen molar-refractivity contribution in [3.05, 3.63) is 71.3 Å². The van der Waals surface area contributed by atoms with Crippen LogP contribution >= 0.6 is 0 Å². The predicted molar refractivity (Wildman–Crippen MR) is 166 cm³/mol. The smallest absolute Gasteiger partial charge is 0.305 e. The van der Waals surface area contributed by atoms with E-state index in [-0.39, 0.29) is 10.8 Å². The fraction of sp³-hybridized carbons (Fsp3) is 0.529. The number of anilines is 2. The summed E-state index contributed by atoms with van der Waals surface area (Å²) >= 11 is 0. The van der Waals surface area contributed by atoms with Crippen molar-refractivity contribution in [3.63, 3.8) is 0 Å². The lowest BCUT2D eigenvalue weighted by molar-refractivity contribution is -0.141. The van der Waals surface area contributed by atoms with Crippen molar-refractivity contribution in [3.8, 4) is 11.6 Å². The number of aryl methyl sites for hydroxylation is 1. The molecule has 0 N–H and O–H groups in total. The highest BCUT2D eigenvalue weighted by atomic mass is 19.4. The molecule has 0 aromatic carbocycles. The summed E-state index contributed by atoms with van der Waals surface area (Å²) in [5.74, 6) is 2.45. The highest BCUT2D eigenvalue weighted by Crippen LogP contribution is 2.45. The Morgan fingerprint density at radius 3 is 1.55 bits per heavy atom. The molecule has 44 heavy (non-hydrogen) atoms. The van der Waals surface area contributed by atoms with Gasteiger partial charge in [0.25, 0.3) is 0 Å². The third-order valence-electron chi connectivity index (χ3n) is 9.61. The second kappa shape index (κ2) is 10.7. The maximum Gasteiger partial charge on any atom is 0.435 e. The Hall–Kier alpha value is -3.69. The molecule has 0 amide bonds. The lowest BCUT2D eigenvalue weighted by Crippen LogP contribution is -2.39. The van der Waals surface area contributed by atoms with Gasteiger partial charge in [-0.1, -0.05) is 39.5 Å². The molecule has 2 fully saturated rings. The van der Waals surface area contributed by atoms with E-state index >= 15 is 0 Å². The zero-order chi connectivity index (χ0) is 31.5. The summed E-state index contributed by atoms with van der Waals surface area (Å²) in [5.41, 5.74) is 1.65. The number of aromatic nitrogens is 6. The Bertz CT molecular complexity index is 1650. The summed E-state index contributed by atoms with van der Waals surface area (Å²) in [6, 6.07) is 11.3. The molecule has 4 heterocycles. The van der Waals surface area contributed by atoms with Gasteiger partial charge in [-0.25, -0.2) is 19.3 Å². The molecule has 0 atom stereocenters. The van der Waals surface area contributed by atoms with Gasteiger partial charge in [0, 0.05) is 17.9 Å². The van der Waals surface area contributed by atoms with Gasteiger partial charge >= 0.3 is 6.18 Å². The van der Waals surface area contributed by atoms with Crippen LogP contribution in [0.15, 0.2) is 48.8 Å². The maximum atomic E-state index is 13.5. The normalized spacial score (nSPS) is 18.2. The minimum atomic E-state index is -4.54. The Morgan fingerprint density at radius 2 is 1.16 bits per heavy atom. The van der Waals surface area contributed by atoms with Gasteiger partial charge < -0.3 is 4.90 Å². The molecule has 234 valence electrons. The van der Waals surface area contributed by atoms with Crippen LogP contribution in [0.3, 0.4) is 0 Å². The number of rotatable bonds is 6. The first-order valence-corrected chi connectivity index (χ1v) is 15.7. The molecular formula is C34H42F3N7. The van der Waals surface area contributed by atoms with Crippen LogP contribution < -0.4 is 4.90 Å². The molecule has 0 radical (unpaired) electrons. The van der Waals surface area contributed by atoms with Gasteiger partial charge in [0.1, 0.15) is 11.6 Å². The van der Waals surface area contributed by atoms with E-state index in [2.05, 4.69) is 67.9 Å². The van der Waals surface area contributed by atoms with Crippen LogP contribution in [0.5, 0.6) is 0 Å². The molecule has 2 aliphatic rings. The van der Waals surface area contributed by atoms with Crippen LogP contribution in [-0.2, 0) is 17.0 Å². The van der Waals surface area contributed by atoms with Crippen molar-refractivity contribution in [2.75, 3.05) is 4.90 Å². The van der Waals surface area contributed by atoms with Gasteiger partial charge in [-0.05, 0) is 112 Å². The number of halogens is 3. The maximum absolute atomic E-state index is 13.5. The first-order chi connectivity index (χ1) is 20.6. The van der Waals surface area contributed by atoms with Crippen LogP contribution in [-0.4, -0.2) is 35.1 Å². The van der Waals surface area contributed by atoms with E-state index in [0.29, 0.717) is 11.6 Å². The molecule has 7 nitrogen and oxygen atoms in total. The zero-order valence-electron chi connectivity index (χ0n) is 26.5. The van der Waals surface area contributed by atoms with Gasteiger partial charge in [0.05, 0.1) is 5.69 Å². The third kappa shape index (κ3) is 5.75. The van der Waals surface area contributed by atoms with Gasteiger partial charge in [-0.15, -0.1) is 0 Å². The first kappa shape index (κ1) is 30.3. The van der Waals surface area contributed by atoms with E-state index in [0.717, 1.165) is 67.5 Å². The Balaban J connectivity index is 1.56. The van der Waals surface area contributed by atoms with Crippen molar-refractivity contribution in [1.29, 1.82) is 0 Å². The van der Waals surface area contributed by atoms with Crippen molar-refractivity contribution >= 4 is 11.6 Å². The fourth-order valence-corrected chi connectivity index (χ4v) is 7.00. The molecule has 0 unspecified atom stereocenters. The first-order valence-electron chi connectivity index (χ1n) is 15.7. The summed E-state index contributed by atoms with van der Waals surface area (Å²) in [7, 11) is 0. The molecule has 6 rings (SSSR count). The topological polar surface area (TPSA) is 64.7 Å². The van der Waals surface area contributed by atoms with Crippen LogP contribution in [0.2, 0.25) is 0 Å². The quantitative estimate of drug-likeness (QED) is 0.220. The molecule has 0 saturated heterocycles. The largest absolute Gasteiger partial charge is 0.435 e.